The van der Waals surface area contributed by atoms with Gasteiger partial charge in [-0.1, -0.05) is 44.5 Å². The summed E-state index contributed by atoms with van der Waals surface area (Å²) in [5.41, 5.74) is 3.79. The standard InChI is InChI=1S/C17H21ClN6O/c1-9-6-7-10(8-11(9)20-16(25)19-5)14-21-15-12(18)13(17(2,3)4)22-24(15)23-14/h6-8H,1-5H3,(H,21,23)(H2,19,20,25). The maximum absolute atomic E-state index is 11.6. The van der Waals surface area contributed by atoms with Gasteiger partial charge in [0.1, 0.15) is 5.02 Å². The largest absolute Gasteiger partial charge is 0.341 e. The van der Waals surface area contributed by atoms with Crippen molar-refractivity contribution in [2.24, 2.45) is 0 Å². The summed E-state index contributed by atoms with van der Waals surface area (Å²) in [7, 11) is 1.57. The monoisotopic (exact) mass is 360 g/mol. The number of amides is 2. The zero-order chi connectivity index (χ0) is 18.4. The van der Waals surface area contributed by atoms with Crippen molar-refractivity contribution in [3.8, 4) is 11.4 Å². The van der Waals surface area contributed by atoms with E-state index < -0.39 is 0 Å². The number of hydrogen-bond donors (Lipinski definition) is 3. The predicted octanol–water partition coefficient (Wildman–Crippen LogP) is 3.74. The molecule has 0 aliphatic rings. The van der Waals surface area contributed by atoms with E-state index >= 15 is 0 Å². The van der Waals surface area contributed by atoms with Gasteiger partial charge in [-0.2, -0.15) is 5.10 Å². The van der Waals surface area contributed by atoms with Crippen LogP contribution in [0.3, 0.4) is 0 Å². The van der Waals surface area contributed by atoms with Crippen LogP contribution in [-0.4, -0.2) is 32.9 Å². The van der Waals surface area contributed by atoms with Gasteiger partial charge in [0, 0.05) is 23.7 Å². The lowest BCUT2D eigenvalue weighted by molar-refractivity contribution is 0.254. The molecule has 3 rings (SSSR count). The average Bonchev–Trinajstić information content (AvgIpc) is 3.09. The second-order valence-corrected chi connectivity index (χ2v) is 7.34. The first-order valence-electron chi connectivity index (χ1n) is 7.95. The molecule has 0 atom stereocenters. The van der Waals surface area contributed by atoms with Gasteiger partial charge in [0.05, 0.1) is 5.69 Å². The molecule has 3 N–H and O–H groups in total. The van der Waals surface area contributed by atoms with E-state index in [0.717, 1.165) is 16.8 Å². The van der Waals surface area contributed by atoms with Crippen LogP contribution in [0.25, 0.3) is 17.0 Å². The molecule has 2 aromatic heterocycles. The second-order valence-electron chi connectivity index (χ2n) is 6.96. The number of hydrogen-bond acceptors (Lipinski definition) is 3. The van der Waals surface area contributed by atoms with Crippen molar-refractivity contribution in [2.45, 2.75) is 33.1 Å². The lowest BCUT2D eigenvalue weighted by Gasteiger charge is -2.14. The highest BCUT2D eigenvalue weighted by molar-refractivity contribution is 6.34. The minimum atomic E-state index is -0.271. The van der Waals surface area contributed by atoms with Gasteiger partial charge in [0.2, 0.25) is 0 Å². The Morgan fingerprint density at radius 1 is 1.28 bits per heavy atom. The highest BCUT2D eigenvalue weighted by atomic mass is 35.5. The number of nitrogens with zero attached hydrogens (tertiary/aromatic N) is 3. The number of aromatic nitrogens is 4. The molecule has 0 aliphatic carbocycles. The van der Waals surface area contributed by atoms with Crippen molar-refractivity contribution in [2.75, 3.05) is 12.4 Å². The maximum atomic E-state index is 11.6. The van der Waals surface area contributed by atoms with Gasteiger partial charge in [-0.15, -0.1) is 9.73 Å². The second kappa shape index (κ2) is 6.07. The van der Waals surface area contributed by atoms with Crippen LogP contribution in [-0.2, 0) is 5.41 Å². The Hall–Kier alpha value is -2.54. The van der Waals surface area contributed by atoms with Gasteiger partial charge < -0.3 is 15.6 Å². The molecular weight excluding hydrogens is 340 g/mol. The Balaban J connectivity index is 2.02. The number of aromatic amines is 1. The molecule has 2 heterocycles. The molecule has 0 aliphatic heterocycles. The Kier molecular flexibility index (Phi) is 4.20. The molecule has 0 saturated carbocycles. The molecule has 0 saturated heterocycles. The Morgan fingerprint density at radius 2 is 2.00 bits per heavy atom. The highest BCUT2D eigenvalue weighted by Crippen LogP contribution is 2.32. The van der Waals surface area contributed by atoms with Crippen molar-refractivity contribution < 1.29 is 4.79 Å². The number of aryl methyl sites for hydroxylation is 1. The molecule has 3 aromatic rings. The van der Waals surface area contributed by atoms with Gasteiger partial charge in [-0.25, -0.2) is 4.79 Å². The van der Waals surface area contributed by atoms with Crippen LogP contribution >= 0.6 is 11.6 Å². The van der Waals surface area contributed by atoms with E-state index in [4.69, 9.17) is 11.6 Å². The van der Waals surface area contributed by atoms with Gasteiger partial charge >= 0.3 is 6.03 Å². The van der Waals surface area contributed by atoms with Crippen molar-refractivity contribution in [1.29, 1.82) is 0 Å². The number of halogens is 1. The topological polar surface area (TPSA) is 87.1 Å². The molecular formula is C17H21ClN6O. The number of anilines is 1. The van der Waals surface area contributed by atoms with E-state index in [1.165, 1.54) is 4.63 Å². The summed E-state index contributed by atoms with van der Waals surface area (Å²) in [6.07, 6.45) is 0. The predicted molar refractivity (Wildman–Crippen MR) is 99.3 cm³/mol. The Labute approximate surface area is 150 Å². The van der Waals surface area contributed by atoms with E-state index in [1.54, 1.807) is 7.05 Å². The van der Waals surface area contributed by atoms with E-state index in [0.29, 0.717) is 22.2 Å². The number of H-pyrrole nitrogens is 1. The summed E-state index contributed by atoms with van der Waals surface area (Å²) < 4.78 is 1.52. The molecule has 1 aromatic carbocycles. The fourth-order valence-corrected chi connectivity index (χ4v) is 2.94. The first-order valence-corrected chi connectivity index (χ1v) is 8.33. The van der Waals surface area contributed by atoms with Crippen LogP contribution in [0.1, 0.15) is 32.0 Å². The SMILES string of the molecule is CNC(=O)Nc1cc(-c2nn3nc(C(C)(C)C)c(Cl)c3[nH]2)ccc1C. The minimum Gasteiger partial charge on any atom is -0.341 e. The third kappa shape index (κ3) is 3.19. The van der Waals surface area contributed by atoms with Crippen LogP contribution in [0.4, 0.5) is 10.5 Å². The molecule has 0 bridgehead atoms. The Bertz CT molecular complexity index is 950. The van der Waals surface area contributed by atoms with Crippen molar-refractivity contribution in [3.05, 3.63) is 34.5 Å². The zero-order valence-electron chi connectivity index (χ0n) is 14.9. The quantitative estimate of drug-likeness (QED) is 0.650. The third-order valence-corrected chi connectivity index (χ3v) is 4.30. The highest BCUT2D eigenvalue weighted by Gasteiger charge is 2.25. The van der Waals surface area contributed by atoms with Crippen LogP contribution in [0.2, 0.25) is 5.02 Å². The molecule has 0 unspecified atom stereocenters. The fraction of sp³-hybridized carbons (Fsp3) is 0.353. The summed E-state index contributed by atoms with van der Waals surface area (Å²) in [6.45, 7) is 8.09. The van der Waals surface area contributed by atoms with Crippen LogP contribution in [0, 0.1) is 6.92 Å². The number of nitrogens with one attached hydrogen (secondary N) is 3. The van der Waals surface area contributed by atoms with E-state index in [1.807, 2.05) is 25.1 Å². The molecule has 25 heavy (non-hydrogen) atoms. The van der Waals surface area contributed by atoms with Gasteiger partial charge in [-0.05, 0) is 18.6 Å². The van der Waals surface area contributed by atoms with Crippen LogP contribution in [0.15, 0.2) is 18.2 Å². The van der Waals surface area contributed by atoms with Crippen molar-refractivity contribution in [3.63, 3.8) is 0 Å². The van der Waals surface area contributed by atoms with Gasteiger partial charge in [0.15, 0.2) is 11.5 Å². The van der Waals surface area contributed by atoms with E-state index in [-0.39, 0.29) is 11.4 Å². The molecule has 7 nitrogen and oxygen atoms in total. The fourth-order valence-electron chi connectivity index (χ4n) is 2.50. The number of carbonyl (C=O) groups is 1. The number of rotatable bonds is 2. The smallest absolute Gasteiger partial charge is 0.318 e. The molecule has 2 amide bonds. The number of urea groups is 1. The first-order chi connectivity index (χ1) is 11.7. The first kappa shape index (κ1) is 17.3. The van der Waals surface area contributed by atoms with E-state index in [9.17, 15) is 4.79 Å². The summed E-state index contributed by atoms with van der Waals surface area (Å²) in [4.78, 5) is 14.8. The van der Waals surface area contributed by atoms with Gasteiger partial charge in [0.25, 0.3) is 0 Å². The van der Waals surface area contributed by atoms with Crippen LogP contribution in [0.5, 0.6) is 0 Å². The third-order valence-electron chi connectivity index (χ3n) is 3.94. The molecule has 0 spiro atoms. The maximum Gasteiger partial charge on any atom is 0.318 e. The molecule has 0 fully saturated rings. The summed E-state index contributed by atoms with van der Waals surface area (Å²) in [6, 6.07) is 5.45. The van der Waals surface area contributed by atoms with Crippen molar-refractivity contribution >= 4 is 29.0 Å². The van der Waals surface area contributed by atoms with Gasteiger partial charge in [-0.3, -0.25) is 0 Å². The average molecular weight is 361 g/mol. The normalized spacial score (nSPS) is 11.8. The zero-order valence-corrected chi connectivity index (χ0v) is 15.6. The lowest BCUT2D eigenvalue weighted by atomic mass is 9.92. The minimum absolute atomic E-state index is 0.166. The summed E-state index contributed by atoms with van der Waals surface area (Å²) in [5.74, 6) is 0.629. The summed E-state index contributed by atoms with van der Waals surface area (Å²) in [5, 5.41) is 14.9. The lowest BCUT2D eigenvalue weighted by Crippen LogP contribution is -2.24. The number of fused-ring (bicyclic) bond motifs is 1. The number of carbonyl (C=O) groups excluding carboxylic acids is 1. The van der Waals surface area contributed by atoms with Crippen LogP contribution < -0.4 is 10.6 Å². The Morgan fingerprint density at radius 3 is 2.60 bits per heavy atom. The molecule has 0 radical (unpaired) electrons. The summed E-state index contributed by atoms with van der Waals surface area (Å²) >= 11 is 6.47. The number of benzene rings is 1. The molecule has 8 heteroatoms. The molecule has 132 valence electrons. The van der Waals surface area contributed by atoms with E-state index in [2.05, 4.69) is 46.6 Å². The van der Waals surface area contributed by atoms with Crippen molar-refractivity contribution in [1.82, 2.24) is 25.1 Å².